The molecule has 0 saturated heterocycles. The maximum absolute atomic E-state index is 2.48. The monoisotopic (exact) mass is 713 g/mol. The molecule has 1 heteroatoms. The average Bonchev–Trinajstić information content (AvgIpc) is 3.50. The summed E-state index contributed by atoms with van der Waals surface area (Å²) in [5.41, 5.74) is 13.5. The Kier molecular flexibility index (Phi) is 7.28. The number of anilines is 3. The second-order valence-electron chi connectivity index (χ2n) is 15.7. The van der Waals surface area contributed by atoms with Crippen LogP contribution in [-0.2, 0) is 5.41 Å². The zero-order chi connectivity index (χ0) is 37.4. The lowest BCUT2D eigenvalue weighted by atomic mass is 9.80. The molecule has 0 spiro atoms. The summed E-state index contributed by atoms with van der Waals surface area (Å²) in [6, 6.07) is 73.9. The van der Waals surface area contributed by atoms with Gasteiger partial charge < -0.3 is 4.90 Å². The Labute approximate surface area is 327 Å². The van der Waals surface area contributed by atoms with E-state index < -0.39 is 0 Å². The first kappa shape index (κ1) is 32.5. The molecule has 0 unspecified atom stereocenters. The van der Waals surface area contributed by atoms with E-state index in [-0.39, 0.29) is 5.41 Å². The van der Waals surface area contributed by atoms with Crippen molar-refractivity contribution < 1.29 is 0 Å². The summed E-state index contributed by atoms with van der Waals surface area (Å²) in [6.07, 6.45) is 0. The van der Waals surface area contributed by atoms with E-state index in [1.165, 1.54) is 93.3 Å². The number of benzene rings is 10. The van der Waals surface area contributed by atoms with Crippen molar-refractivity contribution in [3.8, 4) is 33.4 Å². The van der Waals surface area contributed by atoms with Crippen molar-refractivity contribution in [3.63, 3.8) is 0 Å². The summed E-state index contributed by atoms with van der Waals surface area (Å²) in [6.45, 7) is 4.78. The van der Waals surface area contributed by atoms with E-state index in [1.807, 2.05) is 0 Å². The highest BCUT2D eigenvalue weighted by atomic mass is 15.1. The summed E-state index contributed by atoms with van der Waals surface area (Å²) in [7, 11) is 0. The van der Waals surface area contributed by atoms with Gasteiger partial charge in [-0.05, 0) is 124 Å². The minimum atomic E-state index is -0.159. The molecule has 0 aliphatic heterocycles. The molecular formula is C55H39N. The molecule has 1 aliphatic carbocycles. The van der Waals surface area contributed by atoms with E-state index in [0.29, 0.717) is 0 Å². The summed E-state index contributed by atoms with van der Waals surface area (Å²) in [5, 5.41) is 10.2. The van der Waals surface area contributed by atoms with E-state index in [2.05, 4.69) is 219 Å². The SMILES string of the molecule is CC1(C)c2ccccc2-c2c(N(c3ccc(-c4ccc5ccccc5c4)cc3)c3ccc(-c4cc5ccccc5c5ccccc45)cc3)cc3ccccc3c21. The van der Waals surface area contributed by atoms with Crippen molar-refractivity contribution in [2.75, 3.05) is 4.90 Å². The van der Waals surface area contributed by atoms with Gasteiger partial charge in [-0.1, -0.05) is 172 Å². The van der Waals surface area contributed by atoms with Crippen LogP contribution >= 0.6 is 0 Å². The summed E-state index contributed by atoms with van der Waals surface area (Å²) >= 11 is 0. The fourth-order valence-electron chi connectivity index (χ4n) is 9.49. The molecule has 0 heterocycles. The van der Waals surface area contributed by atoms with Crippen molar-refractivity contribution in [3.05, 3.63) is 211 Å². The van der Waals surface area contributed by atoms with Crippen LogP contribution in [0.2, 0.25) is 0 Å². The van der Waals surface area contributed by atoms with E-state index in [4.69, 9.17) is 0 Å². The second kappa shape index (κ2) is 12.5. The van der Waals surface area contributed by atoms with Crippen LogP contribution in [0.5, 0.6) is 0 Å². The third-order valence-electron chi connectivity index (χ3n) is 12.2. The summed E-state index contributed by atoms with van der Waals surface area (Å²) in [5.74, 6) is 0. The molecule has 0 fully saturated rings. The summed E-state index contributed by atoms with van der Waals surface area (Å²) < 4.78 is 0. The molecule has 0 atom stereocenters. The van der Waals surface area contributed by atoms with Crippen molar-refractivity contribution in [2.45, 2.75) is 19.3 Å². The zero-order valence-corrected chi connectivity index (χ0v) is 31.5. The van der Waals surface area contributed by atoms with Crippen LogP contribution in [0.15, 0.2) is 200 Å². The van der Waals surface area contributed by atoms with Crippen LogP contribution < -0.4 is 4.90 Å². The van der Waals surface area contributed by atoms with Crippen molar-refractivity contribution in [1.82, 2.24) is 0 Å². The number of hydrogen-bond acceptors (Lipinski definition) is 1. The first-order valence-corrected chi connectivity index (χ1v) is 19.6. The maximum Gasteiger partial charge on any atom is 0.0549 e. The van der Waals surface area contributed by atoms with E-state index in [1.54, 1.807) is 0 Å². The number of fused-ring (bicyclic) bond motifs is 9. The van der Waals surface area contributed by atoms with E-state index in [9.17, 15) is 0 Å². The highest BCUT2D eigenvalue weighted by Crippen LogP contribution is 2.56. The minimum absolute atomic E-state index is 0.159. The van der Waals surface area contributed by atoms with Gasteiger partial charge in [-0.25, -0.2) is 0 Å². The smallest absolute Gasteiger partial charge is 0.0549 e. The molecule has 10 aromatic carbocycles. The quantitative estimate of drug-likeness (QED) is 0.161. The van der Waals surface area contributed by atoms with Gasteiger partial charge in [-0.3, -0.25) is 0 Å². The normalized spacial score (nSPS) is 13.0. The maximum atomic E-state index is 2.48. The third-order valence-corrected chi connectivity index (χ3v) is 12.2. The Morgan fingerprint density at radius 1 is 0.357 bits per heavy atom. The molecule has 0 bridgehead atoms. The standard InChI is InChI=1S/C55H39N/c1-55(2)51-22-12-11-21-49(51)53-52(35-42-16-6-8-18-46(42)54(53)55)56(43-29-25-37(26-30-43)40-24-23-36-13-3-4-14-39(36)33-40)44-31-27-38(28-32-44)50-34-41-15-5-7-17-45(41)47-19-9-10-20-48(47)50/h3-35H,1-2H3. The number of rotatable bonds is 5. The molecule has 10 aromatic rings. The summed E-state index contributed by atoms with van der Waals surface area (Å²) in [4.78, 5) is 2.48. The topological polar surface area (TPSA) is 3.24 Å². The highest BCUT2D eigenvalue weighted by molar-refractivity contribution is 6.14. The largest absolute Gasteiger partial charge is 0.310 e. The van der Waals surface area contributed by atoms with Gasteiger partial charge in [-0.2, -0.15) is 0 Å². The Morgan fingerprint density at radius 3 is 1.62 bits per heavy atom. The van der Waals surface area contributed by atoms with Gasteiger partial charge in [0.15, 0.2) is 0 Å². The minimum Gasteiger partial charge on any atom is -0.310 e. The van der Waals surface area contributed by atoms with Gasteiger partial charge in [0.2, 0.25) is 0 Å². The first-order valence-electron chi connectivity index (χ1n) is 19.6. The predicted molar refractivity (Wildman–Crippen MR) is 240 cm³/mol. The van der Waals surface area contributed by atoms with Gasteiger partial charge in [0.25, 0.3) is 0 Å². The van der Waals surface area contributed by atoms with Crippen LogP contribution in [-0.4, -0.2) is 0 Å². The zero-order valence-electron chi connectivity index (χ0n) is 31.5. The van der Waals surface area contributed by atoms with E-state index in [0.717, 1.165) is 11.4 Å². The Balaban J connectivity index is 1.12. The highest BCUT2D eigenvalue weighted by Gasteiger charge is 2.39. The van der Waals surface area contributed by atoms with Gasteiger partial charge in [0.1, 0.15) is 0 Å². The molecule has 56 heavy (non-hydrogen) atoms. The Morgan fingerprint density at radius 2 is 0.893 bits per heavy atom. The fraction of sp³-hybridized carbons (Fsp3) is 0.0545. The van der Waals surface area contributed by atoms with Crippen LogP contribution in [0.1, 0.15) is 25.0 Å². The molecule has 1 nitrogen and oxygen atoms in total. The molecule has 264 valence electrons. The van der Waals surface area contributed by atoms with Crippen molar-refractivity contribution >= 4 is 60.2 Å². The van der Waals surface area contributed by atoms with Crippen LogP contribution in [0.3, 0.4) is 0 Å². The molecule has 0 radical (unpaired) electrons. The van der Waals surface area contributed by atoms with Crippen LogP contribution in [0.25, 0.3) is 76.5 Å². The van der Waals surface area contributed by atoms with Crippen molar-refractivity contribution in [2.24, 2.45) is 0 Å². The molecule has 0 N–H and O–H groups in total. The molecule has 0 aromatic heterocycles. The third kappa shape index (κ3) is 5.01. The molecule has 11 rings (SSSR count). The number of nitrogens with zero attached hydrogens (tertiary/aromatic N) is 1. The van der Waals surface area contributed by atoms with Gasteiger partial charge in [0, 0.05) is 22.4 Å². The lowest BCUT2D eigenvalue weighted by Gasteiger charge is -2.30. The fourth-order valence-corrected chi connectivity index (χ4v) is 9.49. The molecule has 0 amide bonds. The van der Waals surface area contributed by atoms with E-state index >= 15 is 0 Å². The average molecular weight is 714 g/mol. The molecule has 0 saturated carbocycles. The lowest BCUT2D eigenvalue weighted by molar-refractivity contribution is 0.666. The lowest BCUT2D eigenvalue weighted by Crippen LogP contribution is -2.16. The molecular weight excluding hydrogens is 675 g/mol. The van der Waals surface area contributed by atoms with Crippen LogP contribution in [0.4, 0.5) is 17.1 Å². The van der Waals surface area contributed by atoms with Gasteiger partial charge >= 0.3 is 0 Å². The van der Waals surface area contributed by atoms with Gasteiger partial charge in [0.05, 0.1) is 5.69 Å². The van der Waals surface area contributed by atoms with Crippen molar-refractivity contribution in [1.29, 1.82) is 0 Å². The van der Waals surface area contributed by atoms with Crippen LogP contribution in [0, 0.1) is 0 Å². The first-order chi connectivity index (χ1) is 27.5. The predicted octanol–water partition coefficient (Wildman–Crippen LogP) is 15.4. The Hall–Kier alpha value is -6.96. The Bertz CT molecular complexity index is 3150. The second-order valence-corrected chi connectivity index (χ2v) is 15.7. The number of hydrogen-bond donors (Lipinski definition) is 0. The van der Waals surface area contributed by atoms with Gasteiger partial charge in [-0.15, -0.1) is 0 Å². The molecule has 1 aliphatic rings.